The number of hydrogen-bond donors (Lipinski definition) is 0. The number of hydrogen-bond acceptors (Lipinski definition) is 4. The minimum absolute atomic E-state index is 0.671. The van der Waals surface area contributed by atoms with E-state index < -0.39 is 0 Å². The van der Waals surface area contributed by atoms with Crippen molar-refractivity contribution in [3.05, 3.63) is 41.5 Å². The first-order chi connectivity index (χ1) is 13.7. The molecule has 0 N–H and O–H groups in total. The zero-order valence-electron chi connectivity index (χ0n) is 16.9. The highest BCUT2D eigenvalue weighted by Crippen LogP contribution is 2.44. The van der Waals surface area contributed by atoms with Crippen LogP contribution in [0.2, 0.25) is 0 Å². The summed E-state index contributed by atoms with van der Waals surface area (Å²) in [4.78, 5) is 2.68. The minimum atomic E-state index is 0.671. The lowest BCUT2D eigenvalue weighted by atomic mass is 9.82. The molecule has 5 rings (SSSR count). The Hall–Kier alpha value is -2.46. The molecule has 2 heterocycles. The molecule has 0 aliphatic carbocycles. The van der Waals surface area contributed by atoms with Gasteiger partial charge in [-0.3, -0.25) is 4.90 Å². The molecule has 0 spiro atoms. The zero-order valence-corrected chi connectivity index (χ0v) is 16.9. The molecule has 0 unspecified atom stereocenters. The Morgan fingerprint density at radius 2 is 1.54 bits per heavy atom. The number of benzene rings is 3. The van der Waals surface area contributed by atoms with E-state index in [0.717, 1.165) is 30.2 Å². The van der Waals surface area contributed by atoms with Crippen LogP contribution in [0.1, 0.15) is 30.4 Å². The average Bonchev–Trinajstić information content (AvgIpc) is 2.76. The predicted molar refractivity (Wildman–Crippen MR) is 113 cm³/mol. The molecule has 0 amide bonds. The van der Waals surface area contributed by atoms with E-state index >= 15 is 0 Å². The Labute approximate surface area is 166 Å². The molecule has 2 aliphatic rings. The lowest BCUT2D eigenvalue weighted by molar-refractivity contribution is 0.128. The van der Waals surface area contributed by atoms with Crippen LogP contribution in [0.3, 0.4) is 0 Å². The fourth-order valence-electron chi connectivity index (χ4n) is 5.16. The summed E-state index contributed by atoms with van der Waals surface area (Å²) in [5.41, 5.74) is 2.95. The van der Waals surface area contributed by atoms with Crippen molar-refractivity contribution in [2.75, 3.05) is 27.9 Å². The third-order valence-electron chi connectivity index (χ3n) is 6.61. The maximum absolute atomic E-state index is 5.64. The van der Waals surface area contributed by atoms with Crippen LogP contribution >= 0.6 is 0 Å². The molecule has 1 saturated heterocycles. The second kappa shape index (κ2) is 6.85. The lowest BCUT2D eigenvalue weighted by Crippen LogP contribution is -2.43. The smallest absolute Gasteiger partial charge is 0.161 e. The molecule has 0 saturated carbocycles. The van der Waals surface area contributed by atoms with Crippen LogP contribution < -0.4 is 14.2 Å². The highest BCUT2D eigenvalue weighted by molar-refractivity contribution is 6.12. The standard InChI is InChI=1S/C24H27NO3/c1-26-16-7-8-17-18-10-15-6-4-5-9-25(15)14-22(18)21-13-24(28-3)23(27-2)12-20(21)19(17)11-16/h7-8,11-13,15H,4-6,9-10,14H2,1-3H3/t15-/m1/s1. The summed E-state index contributed by atoms with van der Waals surface area (Å²) in [6, 6.07) is 11.4. The van der Waals surface area contributed by atoms with Crippen LogP contribution in [0.15, 0.2) is 30.3 Å². The first-order valence-electron chi connectivity index (χ1n) is 10.1. The summed E-state index contributed by atoms with van der Waals surface area (Å²) in [5.74, 6) is 2.45. The lowest BCUT2D eigenvalue weighted by Gasteiger charge is -2.41. The van der Waals surface area contributed by atoms with Crippen molar-refractivity contribution in [1.82, 2.24) is 4.90 Å². The van der Waals surface area contributed by atoms with Crippen molar-refractivity contribution in [3.63, 3.8) is 0 Å². The normalized spacial score (nSPS) is 19.3. The fraction of sp³-hybridized carbons (Fsp3) is 0.417. The number of ether oxygens (including phenoxy) is 3. The van der Waals surface area contributed by atoms with E-state index in [2.05, 4.69) is 35.2 Å². The van der Waals surface area contributed by atoms with E-state index in [-0.39, 0.29) is 0 Å². The predicted octanol–water partition coefficient (Wildman–Crippen LogP) is 4.93. The van der Waals surface area contributed by atoms with Gasteiger partial charge in [0.05, 0.1) is 21.3 Å². The summed E-state index contributed by atoms with van der Waals surface area (Å²) >= 11 is 0. The molecule has 3 aromatic carbocycles. The van der Waals surface area contributed by atoms with Crippen LogP contribution in [0.5, 0.6) is 17.2 Å². The van der Waals surface area contributed by atoms with Gasteiger partial charge in [-0.25, -0.2) is 0 Å². The Morgan fingerprint density at radius 1 is 0.786 bits per heavy atom. The van der Waals surface area contributed by atoms with Gasteiger partial charge in [0.25, 0.3) is 0 Å². The Kier molecular flexibility index (Phi) is 4.31. The maximum Gasteiger partial charge on any atom is 0.161 e. The molecule has 4 heteroatoms. The first kappa shape index (κ1) is 17.6. The summed E-state index contributed by atoms with van der Waals surface area (Å²) < 4.78 is 16.8. The Bertz CT molecular complexity index is 1060. The van der Waals surface area contributed by atoms with Gasteiger partial charge in [-0.2, -0.15) is 0 Å². The molecule has 1 atom stereocenters. The van der Waals surface area contributed by atoms with Gasteiger partial charge in [-0.05, 0) is 82.7 Å². The van der Waals surface area contributed by atoms with Crippen molar-refractivity contribution in [2.24, 2.45) is 0 Å². The highest BCUT2D eigenvalue weighted by atomic mass is 16.5. The molecule has 0 bridgehead atoms. The molecular formula is C24H27NO3. The molecule has 0 radical (unpaired) electrons. The maximum atomic E-state index is 5.64. The zero-order chi connectivity index (χ0) is 19.3. The first-order valence-corrected chi connectivity index (χ1v) is 10.1. The van der Waals surface area contributed by atoms with E-state index in [1.165, 1.54) is 58.5 Å². The molecule has 0 aromatic heterocycles. The van der Waals surface area contributed by atoms with E-state index in [0.29, 0.717) is 6.04 Å². The topological polar surface area (TPSA) is 30.9 Å². The highest BCUT2D eigenvalue weighted by Gasteiger charge is 2.31. The van der Waals surface area contributed by atoms with E-state index in [9.17, 15) is 0 Å². The summed E-state index contributed by atoms with van der Waals surface area (Å²) in [5, 5.41) is 5.07. The van der Waals surface area contributed by atoms with Gasteiger partial charge in [0, 0.05) is 12.6 Å². The van der Waals surface area contributed by atoms with E-state index in [1.54, 1.807) is 21.3 Å². The molecule has 28 heavy (non-hydrogen) atoms. The molecule has 3 aromatic rings. The summed E-state index contributed by atoms with van der Waals surface area (Å²) in [6.07, 6.45) is 5.09. The SMILES string of the molecule is COc1ccc2c3c(c4cc(OC)c(OC)cc4c2c1)CN1CCCC[C@@H]1C3. The van der Waals surface area contributed by atoms with E-state index in [4.69, 9.17) is 14.2 Å². The second-order valence-electron chi connectivity index (χ2n) is 7.95. The largest absolute Gasteiger partial charge is 0.497 e. The third-order valence-corrected chi connectivity index (χ3v) is 6.61. The number of methoxy groups -OCH3 is 3. The van der Waals surface area contributed by atoms with Crippen molar-refractivity contribution >= 4 is 21.5 Å². The number of nitrogens with zero attached hydrogens (tertiary/aromatic N) is 1. The Balaban J connectivity index is 1.85. The van der Waals surface area contributed by atoms with Gasteiger partial charge in [0.2, 0.25) is 0 Å². The number of fused-ring (bicyclic) bond motifs is 7. The van der Waals surface area contributed by atoms with Gasteiger partial charge >= 0.3 is 0 Å². The van der Waals surface area contributed by atoms with Crippen molar-refractivity contribution in [1.29, 1.82) is 0 Å². The summed E-state index contributed by atoms with van der Waals surface area (Å²) in [7, 11) is 5.13. The fourth-order valence-corrected chi connectivity index (χ4v) is 5.16. The number of piperidine rings is 1. The second-order valence-corrected chi connectivity index (χ2v) is 7.95. The van der Waals surface area contributed by atoms with Gasteiger partial charge in [0.1, 0.15) is 5.75 Å². The molecule has 2 aliphatic heterocycles. The third kappa shape index (κ3) is 2.62. The molecular weight excluding hydrogens is 350 g/mol. The van der Waals surface area contributed by atoms with Gasteiger partial charge in [-0.15, -0.1) is 0 Å². The van der Waals surface area contributed by atoms with Crippen LogP contribution in [0.4, 0.5) is 0 Å². The number of rotatable bonds is 3. The molecule has 146 valence electrons. The van der Waals surface area contributed by atoms with Crippen molar-refractivity contribution in [3.8, 4) is 17.2 Å². The van der Waals surface area contributed by atoms with Crippen LogP contribution in [-0.4, -0.2) is 38.8 Å². The van der Waals surface area contributed by atoms with Crippen LogP contribution in [0, 0.1) is 0 Å². The van der Waals surface area contributed by atoms with Gasteiger partial charge in [-0.1, -0.05) is 12.5 Å². The van der Waals surface area contributed by atoms with Crippen LogP contribution in [0.25, 0.3) is 21.5 Å². The Morgan fingerprint density at radius 3 is 2.29 bits per heavy atom. The molecule has 4 nitrogen and oxygen atoms in total. The van der Waals surface area contributed by atoms with E-state index in [1.807, 2.05) is 0 Å². The van der Waals surface area contributed by atoms with Crippen molar-refractivity contribution in [2.45, 2.75) is 38.3 Å². The molecule has 1 fully saturated rings. The van der Waals surface area contributed by atoms with Gasteiger partial charge in [0.15, 0.2) is 11.5 Å². The summed E-state index contributed by atoms with van der Waals surface area (Å²) in [6.45, 7) is 2.23. The monoisotopic (exact) mass is 377 g/mol. The quantitative estimate of drug-likeness (QED) is 0.606. The minimum Gasteiger partial charge on any atom is -0.497 e. The van der Waals surface area contributed by atoms with Gasteiger partial charge < -0.3 is 14.2 Å². The van der Waals surface area contributed by atoms with Crippen molar-refractivity contribution < 1.29 is 14.2 Å². The average molecular weight is 377 g/mol. The van der Waals surface area contributed by atoms with Crippen LogP contribution in [-0.2, 0) is 13.0 Å².